The quantitative estimate of drug-likeness (QED) is 0.741. The number of ketones is 1. The van der Waals surface area contributed by atoms with Crippen LogP contribution in [0.2, 0.25) is 10.0 Å². The van der Waals surface area contributed by atoms with Crippen LogP contribution in [0.1, 0.15) is 13.3 Å². The summed E-state index contributed by atoms with van der Waals surface area (Å²) in [7, 11) is 0. The number of hydrogen-bond acceptors (Lipinski definition) is 2. The fourth-order valence-electron chi connectivity index (χ4n) is 2.56. The molecule has 1 heterocycles. The first kappa shape index (κ1) is 13.4. The molecule has 0 saturated carbocycles. The molecule has 3 nitrogen and oxygen atoms in total. The molecule has 0 spiro atoms. The van der Waals surface area contributed by atoms with Gasteiger partial charge in [-0.3, -0.25) is 14.5 Å². The Balaban J connectivity index is 2.10. The van der Waals surface area contributed by atoms with Gasteiger partial charge in [0, 0.05) is 5.70 Å². The van der Waals surface area contributed by atoms with Crippen molar-refractivity contribution in [1.29, 1.82) is 0 Å². The van der Waals surface area contributed by atoms with Gasteiger partial charge >= 0.3 is 0 Å². The second-order valence-electron chi connectivity index (χ2n) is 4.96. The number of anilines is 1. The summed E-state index contributed by atoms with van der Waals surface area (Å²) in [6.45, 7) is 1.95. The highest BCUT2D eigenvalue weighted by molar-refractivity contribution is 6.47. The number of Topliss-reactive ketones (excluding diaryl/α,β-unsaturated/α-hetero) is 1. The number of amides is 1. The van der Waals surface area contributed by atoms with Gasteiger partial charge in [0.25, 0.3) is 5.91 Å². The van der Waals surface area contributed by atoms with Crippen molar-refractivity contribution in [2.24, 2.45) is 5.92 Å². The van der Waals surface area contributed by atoms with E-state index in [1.54, 1.807) is 18.2 Å². The Kier molecular flexibility index (Phi) is 3.19. The molecule has 0 bridgehead atoms. The minimum atomic E-state index is -0.511. The summed E-state index contributed by atoms with van der Waals surface area (Å²) < 4.78 is 0. The van der Waals surface area contributed by atoms with Crippen molar-refractivity contribution in [1.82, 2.24) is 0 Å². The highest BCUT2D eigenvalue weighted by atomic mass is 35.5. The molecule has 1 amide bonds. The van der Waals surface area contributed by atoms with Gasteiger partial charge in [0.15, 0.2) is 0 Å². The van der Waals surface area contributed by atoms with E-state index < -0.39 is 5.91 Å². The molecule has 2 aliphatic rings. The van der Waals surface area contributed by atoms with Crippen LogP contribution in [0.3, 0.4) is 0 Å². The molecule has 1 aliphatic carbocycles. The van der Waals surface area contributed by atoms with Crippen molar-refractivity contribution in [3.63, 3.8) is 0 Å². The van der Waals surface area contributed by atoms with Crippen LogP contribution in [0.25, 0.3) is 0 Å². The monoisotopic (exact) mass is 307 g/mol. The first-order chi connectivity index (χ1) is 9.49. The summed E-state index contributed by atoms with van der Waals surface area (Å²) in [5.41, 5.74) is 2.37. The molecule has 1 aromatic rings. The van der Waals surface area contributed by atoms with Crippen LogP contribution in [0.15, 0.2) is 41.6 Å². The zero-order valence-corrected chi connectivity index (χ0v) is 12.2. The van der Waals surface area contributed by atoms with Gasteiger partial charge in [0.1, 0.15) is 0 Å². The van der Waals surface area contributed by atoms with Gasteiger partial charge in [-0.1, -0.05) is 34.9 Å². The molecule has 5 heteroatoms. The molecule has 1 atom stereocenters. The molecule has 1 unspecified atom stereocenters. The van der Waals surface area contributed by atoms with Gasteiger partial charge in [0.05, 0.1) is 21.7 Å². The highest BCUT2D eigenvalue weighted by Gasteiger charge is 2.44. The summed E-state index contributed by atoms with van der Waals surface area (Å²) in [6.07, 6.45) is 4.35. The van der Waals surface area contributed by atoms with Crippen molar-refractivity contribution in [3.05, 3.63) is 51.7 Å². The second-order valence-corrected chi connectivity index (χ2v) is 5.78. The molecule has 102 valence electrons. The largest absolute Gasteiger partial charge is 0.299 e. The third-order valence-electron chi connectivity index (χ3n) is 3.57. The fraction of sp³-hybridized carbons (Fsp3) is 0.200. The Bertz CT molecular complexity index is 691. The topological polar surface area (TPSA) is 37.4 Å². The van der Waals surface area contributed by atoms with Crippen LogP contribution in [-0.4, -0.2) is 11.7 Å². The van der Waals surface area contributed by atoms with Crippen molar-refractivity contribution in [2.45, 2.75) is 13.3 Å². The minimum absolute atomic E-state index is 0.357. The summed E-state index contributed by atoms with van der Waals surface area (Å²) in [6, 6.07) is 4.91. The standard InChI is InChI=1S/C15H11Cl2NO2/c1-8-2-5-13-10(6-8)14(19)15(20)18(13)9-3-4-11(16)12(17)7-9/h2-5,7,10H,6H2,1H3. The molecule has 1 aliphatic heterocycles. The number of hydrogen-bond donors (Lipinski definition) is 0. The lowest BCUT2D eigenvalue weighted by Gasteiger charge is -2.22. The van der Waals surface area contributed by atoms with E-state index in [1.165, 1.54) is 4.90 Å². The molecule has 20 heavy (non-hydrogen) atoms. The maximum absolute atomic E-state index is 12.2. The van der Waals surface area contributed by atoms with Crippen molar-refractivity contribution in [3.8, 4) is 0 Å². The van der Waals surface area contributed by atoms with Gasteiger partial charge in [-0.05, 0) is 37.6 Å². The number of nitrogens with zero attached hydrogens (tertiary/aromatic N) is 1. The number of benzene rings is 1. The fourth-order valence-corrected chi connectivity index (χ4v) is 2.86. The van der Waals surface area contributed by atoms with Gasteiger partial charge in [-0.15, -0.1) is 0 Å². The Morgan fingerprint density at radius 1 is 1.15 bits per heavy atom. The van der Waals surface area contributed by atoms with Gasteiger partial charge in [0.2, 0.25) is 5.78 Å². The zero-order chi connectivity index (χ0) is 14.4. The molecule has 1 aromatic carbocycles. The SMILES string of the molecule is CC1=CC=C2C(C1)C(=O)C(=O)N2c1ccc(Cl)c(Cl)c1. The first-order valence-electron chi connectivity index (χ1n) is 6.19. The van der Waals surface area contributed by atoms with Crippen LogP contribution in [-0.2, 0) is 9.59 Å². The zero-order valence-electron chi connectivity index (χ0n) is 10.7. The van der Waals surface area contributed by atoms with E-state index in [4.69, 9.17) is 23.2 Å². The average molecular weight is 308 g/mol. The highest BCUT2D eigenvalue weighted by Crippen LogP contribution is 2.39. The second kappa shape index (κ2) is 4.76. The summed E-state index contributed by atoms with van der Waals surface area (Å²) in [4.78, 5) is 25.7. The third-order valence-corrected chi connectivity index (χ3v) is 4.31. The molecule has 0 N–H and O–H groups in total. The van der Waals surface area contributed by atoms with Gasteiger partial charge < -0.3 is 0 Å². The number of halogens is 2. The van der Waals surface area contributed by atoms with Crippen molar-refractivity contribution >= 4 is 40.6 Å². The average Bonchev–Trinajstić information content (AvgIpc) is 2.66. The molecular formula is C15H11Cl2NO2. The number of allylic oxidation sites excluding steroid dienone is 4. The molecule has 1 saturated heterocycles. The van der Waals surface area contributed by atoms with E-state index in [-0.39, 0.29) is 11.7 Å². The van der Waals surface area contributed by atoms with E-state index >= 15 is 0 Å². The Morgan fingerprint density at radius 3 is 2.60 bits per heavy atom. The Labute approximate surface area is 126 Å². The molecule has 0 radical (unpaired) electrons. The maximum Gasteiger partial charge on any atom is 0.299 e. The predicted octanol–water partition coefficient (Wildman–Crippen LogP) is 3.76. The molecular weight excluding hydrogens is 297 g/mol. The van der Waals surface area contributed by atoms with E-state index in [1.807, 2.05) is 19.1 Å². The van der Waals surface area contributed by atoms with Crippen LogP contribution >= 0.6 is 23.2 Å². The first-order valence-corrected chi connectivity index (χ1v) is 6.95. The van der Waals surface area contributed by atoms with Crippen LogP contribution in [0, 0.1) is 5.92 Å². The third kappa shape index (κ3) is 1.98. The maximum atomic E-state index is 12.2. The predicted molar refractivity (Wildman–Crippen MR) is 78.9 cm³/mol. The van der Waals surface area contributed by atoms with Crippen LogP contribution < -0.4 is 4.90 Å². The summed E-state index contributed by atoms with van der Waals surface area (Å²) >= 11 is 11.9. The van der Waals surface area contributed by atoms with Crippen LogP contribution in [0.5, 0.6) is 0 Å². The lowest BCUT2D eigenvalue weighted by Crippen LogP contribution is -2.25. The van der Waals surface area contributed by atoms with E-state index in [0.29, 0.717) is 27.9 Å². The van der Waals surface area contributed by atoms with Crippen LogP contribution in [0.4, 0.5) is 5.69 Å². The van der Waals surface area contributed by atoms with E-state index in [0.717, 1.165) is 5.57 Å². The minimum Gasteiger partial charge on any atom is -0.288 e. The normalized spacial score (nSPS) is 21.8. The Morgan fingerprint density at radius 2 is 1.90 bits per heavy atom. The van der Waals surface area contributed by atoms with E-state index in [2.05, 4.69) is 0 Å². The lowest BCUT2D eigenvalue weighted by atomic mass is 9.91. The molecule has 1 fully saturated rings. The molecule has 0 aromatic heterocycles. The smallest absolute Gasteiger partial charge is 0.288 e. The summed E-state index contributed by atoms with van der Waals surface area (Å²) in [5, 5.41) is 0.773. The van der Waals surface area contributed by atoms with Crippen molar-refractivity contribution in [2.75, 3.05) is 4.90 Å². The summed E-state index contributed by atoms with van der Waals surface area (Å²) in [5.74, 6) is -1.25. The number of fused-ring (bicyclic) bond motifs is 1. The van der Waals surface area contributed by atoms with E-state index in [9.17, 15) is 9.59 Å². The van der Waals surface area contributed by atoms with Gasteiger partial charge in [-0.2, -0.15) is 0 Å². The number of carbonyl (C=O) groups excluding carboxylic acids is 2. The molecule has 3 rings (SSSR count). The van der Waals surface area contributed by atoms with Crippen molar-refractivity contribution < 1.29 is 9.59 Å². The Hall–Kier alpha value is -1.58. The number of carbonyl (C=O) groups is 2. The van der Waals surface area contributed by atoms with Gasteiger partial charge in [-0.25, -0.2) is 0 Å². The lowest BCUT2D eigenvalue weighted by molar-refractivity contribution is -0.135. The number of rotatable bonds is 1.